The second-order valence-corrected chi connectivity index (χ2v) is 5.88. The summed E-state index contributed by atoms with van der Waals surface area (Å²) in [5.74, 6) is -1.15. The summed E-state index contributed by atoms with van der Waals surface area (Å²) in [5, 5.41) is 11.5. The lowest BCUT2D eigenvalue weighted by Crippen LogP contribution is -2.38. The van der Waals surface area contributed by atoms with Crippen LogP contribution in [-0.4, -0.2) is 22.8 Å². The first-order valence-electron chi connectivity index (χ1n) is 5.67. The first-order valence-corrected chi connectivity index (χ1v) is 6.46. The summed E-state index contributed by atoms with van der Waals surface area (Å²) in [6.45, 7) is 5.13. The topological polar surface area (TPSA) is 75.6 Å². The first-order chi connectivity index (χ1) is 8.69. The molecule has 0 aliphatic carbocycles. The Balaban J connectivity index is 2.82. The summed E-state index contributed by atoms with van der Waals surface area (Å²) in [6, 6.07) is 5.54. The average molecular weight is 330 g/mol. The smallest absolute Gasteiger partial charge is 0.408 e. The van der Waals surface area contributed by atoms with Crippen LogP contribution < -0.4 is 5.32 Å². The van der Waals surface area contributed by atoms with Crippen molar-refractivity contribution in [2.75, 3.05) is 0 Å². The second-order valence-electron chi connectivity index (χ2n) is 4.97. The fourth-order valence-electron chi connectivity index (χ4n) is 1.37. The molecule has 0 saturated carbocycles. The van der Waals surface area contributed by atoms with Gasteiger partial charge in [0.15, 0.2) is 6.04 Å². The van der Waals surface area contributed by atoms with Crippen LogP contribution in [0.4, 0.5) is 4.79 Å². The zero-order chi connectivity index (χ0) is 14.6. The average Bonchev–Trinajstić information content (AvgIpc) is 2.24. The van der Waals surface area contributed by atoms with E-state index in [4.69, 9.17) is 9.84 Å². The molecule has 2 N–H and O–H groups in total. The first kappa shape index (κ1) is 15.5. The van der Waals surface area contributed by atoms with Gasteiger partial charge in [0.1, 0.15) is 5.60 Å². The lowest BCUT2D eigenvalue weighted by atomic mass is 10.1. The predicted molar refractivity (Wildman–Crippen MR) is 73.9 cm³/mol. The number of ether oxygens (including phenoxy) is 1. The highest BCUT2D eigenvalue weighted by molar-refractivity contribution is 9.10. The van der Waals surface area contributed by atoms with Crippen molar-refractivity contribution < 1.29 is 19.4 Å². The monoisotopic (exact) mass is 329 g/mol. The molecule has 0 aliphatic heterocycles. The highest BCUT2D eigenvalue weighted by Crippen LogP contribution is 2.18. The third-order valence-electron chi connectivity index (χ3n) is 2.11. The molecule has 1 atom stereocenters. The van der Waals surface area contributed by atoms with E-state index in [1.54, 1.807) is 45.0 Å². The van der Waals surface area contributed by atoms with Gasteiger partial charge in [-0.1, -0.05) is 28.1 Å². The normalized spacial score (nSPS) is 12.6. The van der Waals surface area contributed by atoms with Gasteiger partial charge in [-0.3, -0.25) is 0 Å². The number of alkyl carbamates (subject to hydrolysis) is 1. The summed E-state index contributed by atoms with van der Waals surface area (Å²) in [5.41, 5.74) is -0.200. The molecular weight excluding hydrogens is 314 g/mol. The molecule has 104 valence electrons. The number of halogens is 1. The Morgan fingerprint density at radius 2 is 1.79 bits per heavy atom. The number of hydrogen-bond donors (Lipinski definition) is 2. The number of carbonyl (C=O) groups excluding carboxylic acids is 1. The number of rotatable bonds is 3. The molecular formula is C13H16BrNO4. The highest BCUT2D eigenvalue weighted by atomic mass is 79.9. The number of carbonyl (C=O) groups is 2. The lowest BCUT2D eigenvalue weighted by Gasteiger charge is -2.22. The fourth-order valence-corrected chi connectivity index (χ4v) is 1.63. The van der Waals surface area contributed by atoms with Crippen LogP contribution in [0, 0.1) is 0 Å². The summed E-state index contributed by atoms with van der Waals surface area (Å²) in [4.78, 5) is 22.8. The molecule has 0 saturated heterocycles. The van der Waals surface area contributed by atoms with Crippen LogP contribution in [0.15, 0.2) is 28.7 Å². The molecule has 0 aromatic heterocycles. The van der Waals surface area contributed by atoms with Crippen LogP contribution in [0.2, 0.25) is 0 Å². The molecule has 0 fully saturated rings. The van der Waals surface area contributed by atoms with Gasteiger partial charge in [-0.05, 0) is 38.5 Å². The van der Waals surface area contributed by atoms with Crippen LogP contribution in [0.3, 0.4) is 0 Å². The molecule has 1 amide bonds. The summed E-state index contributed by atoms with van der Waals surface area (Å²) in [6.07, 6.45) is -0.761. The van der Waals surface area contributed by atoms with E-state index in [-0.39, 0.29) is 0 Å². The molecule has 19 heavy (non-hydrogen) atoms. The molecule has 1 aromatic carbocycles. The molecule has 0 spiro atoms. The highest BCUT2D eigenvalue weighted by Gasteiger charge is 2.25. The molecule has 0 radical (unpaired) electrons. The number of benzene rings is 1. The van der Waals surface area contributed by atoms with Crippen LogP contribution in [0.1, 0.15) is 32.4 Å². The Bertz CT molecular complexity index is 465. The molecule has 1 aromatic rings. The molecule has 1 rings (SSSR count). The van der Waals surface area contributed by atoms with Crippen molar-refractivity contribution in [3.05, 3.63) is 34.3 Å². The second kappa shape index (κ2) is 6.06. The molecule has 0 heterocycles. The Hall–Kier alpha value is -1.56. The Labute approximate surface area is 120 Å². The van der Waals surface area contributed by atoms with Crippen molar-refractivity contribution in [1.82, 2.24) is 5.32 Å². The van der Waals surface area contributed by atoms with Crippen molar-refractivity contribution >= 4 is 28.0 Å². The van der Waals surface area contributed by atoms with E-state index in [1.165, 1.54) is 0 Å². The van der Waals surface area contributed by atoms with E-state index in [0.29, 0.717) is 5.56 Å². The van der Waals surface area contributed by atoms with E-state index in [2.05, 4.69) is 21.2 Å². The van der Waals surface area contributed by atoms with Crippen molar-refractivity contribution in [2.24, 2.45) is 0 Å². The fraction of sp³-hybridized carbons (Fsp3) is 0.385. The standard InChI is InChI=1S/C13H16BrNO4/c1-13(2,3)19-12(18)15-10(11(16)17)8-4-6-9(14)7-5-8/h4-7,10H,1-3H3,(H,15,18)(H,16,17). The van der Waals surface area contributed by atoms with E-state index in [9.17, 15) is 9.59 Å². The molecule has 0 bridgehead atoms. The SMILES string of the molecule is CC(C)(C)OC(=O)NC(C(=O)O)c1ccc(Br)cc1. The zero-order valence-corrected chi connectivity index (χ0v) is 12.5. The van der Waals surface area contributed by atoms with Crippen LogP contribution in [0.5, 0.6) is 0 Å². The summed E-state index contributed by atoms with van der Waals surface area (Å²) in [7, 11) is 0. The minimum atomic E-state index is -1.15. The quantitative estimate of drug-likeness (QED) is 0.893. The summed E-state index contributed by atoms with van der Waals surface area (Å²) < 4.78 is 5.87. The largest absolute Gasteiger partial charge is 0.479 e. The Morgan fingerprint density at radius 1 is 1.26 bits per heavy atom. The van der Waals surface area contributed by atoms with Gasteiger partial charge in [-0.25, -0.2) is 9.59 Å². The third kappa shape index (κ3) is 5.30. The van der Waals surface area contributed by atoms with Gasteiger partial charge in [0, 0.05) is 4.47 Å². The van der Waals surface area contributed by atoms with E-state index in [1.807, 2.05) is 0 Å². The van der Waals surface area contributed by atoms with Crippen LogP contribution in [-0.2, 0) is 9.53 Å². The Kier molecular flexibility index (Phi) is 4.94. The van der Waals surface area contributed by atoms with Gasteiger partial charge < -0.3 is 15.2 Å². The zero-order valence-electron chi connectivity index (χ0n) is 10.9. The number of nitrogens with one attached hydrogen (secondary N) is 1. The van der Waals surface area contributed by atoms with Crippen LogP contribution in [0.25, 0.3) is 0 Å². The maximum absolute atomic E-state index is 11.6. The number of hydrogen-bond acceptors (Lipinski definition) is 3. The Morgan fingerprint density at radius 3 is 2.21 bits per heavy atom. The molecule has 1 unspecified atom stereocenters. The maximum Gasteiger partial charge on any atom is 0.408 e. The van der Waals surface area contributed by atoms with Gasteiger partial charge in [0.05, 0.1) is 0 Å². The number of carboxylic acid groups (broad SMARTS) is 1. The van der Waals surface area contributed by atoms with Gasteiger partial charge in [0.2, 0.25) is 0 Å². The number of aliphatic carboxylic acids is 1. The maximum atomic E-state index is 11.6. The van der Waals surface area contributed by atoms with Crippen molar-refractivity contribution in [3.63, 3.8) is 0 Å². The lowest BCUT2D eigenvalue weighted by molar-refractivity contribution is -0.139. The molecule has 6 heteroatoms. The van der Waals surface area contributed by atoms with Gasteiger partial charge in [-0.2, -0.15) is 0 Å². The number of carboxylic acids is 1. The van der Waals surface area contributed by atoms with Gasteiger partial charge >= 0.3 is 12.1 Å². The third-order valence-corrected chi connectivity index (χ3v) is 2.64. The van der Waals surface area contributed by atoms with Gasteiger partial charge in [0.25, 0.3) is 0 Å². The summed E-state index contributed by atoms with van der Waals surface area (Å²) >= 11 is 3.26. The molecule has 5 nitrogen and oxygen atoms in total. The van der Waals surface area contributed by atoms with Crippen molar-refractivity contribution in [2.45, 2.75) is 32.4 Å². The van der Waals surface area contributed by atoms with Crippen molar-refractivity contribution in [3.8, 4) is 0 Å². The molecule has 0 aliphatic rings. The predicted octanol–water partition coefficient (Wildman–Crippen LogP) is 3.10. The minimum Gasteiger partial charge on any atom is -0.479 e. The van der Waals surface area contributed by atoms with Crippen LogP contribution >= 0.6 is 15.9 Å². The van der Waals surface area contributed by atoms with E-state index >= 15 is 0 Å². The van der Waals surface area contributed by atoms with Gasteiger partial charge in [-0.15, -0.1) is 0 Å². The minimum absolute atomic E-state index is 0.474. The number of amides is 1. The van der Waals surface area contributed by atoms with E-state index in [0.717, 1.165) is 4.47 Å². The van der Waals surface area contributed by atoms with E-state index < -0.39 is 23.7 Å². The van der Waals surface area contributed by atoms with Crippen molar-refractivity contribution in [1.29, 1.82) is 0 Å².